The van der Waals surface area contributed by atoms with E-state index in [-0.39, 0.29) is 13.2 Å². The molecule has 0 bridgehead atoms. The Morgan fingerprint density at radius 3 is 1.79 bits per heavy atom. The van der Waals surface area contributed by atoms with Gasteiger partial charge in [0.25, 0.3) is 0 Å². The van der Waals surface area contributed by atoms with Crippen LogP contribution in [-0.4, -0.2) is 33.3 Å². The average molecular weight is 369 g/mol. The Labute approximate surface area is 163 Å². The quantitative estimate of drug-likeness (QED) is 0.550. The maximum absolute atomic E-state index is 8.89. The molecule has 3 heterocycles. The number of aromatic nitrogens is 3. The van der Waals surface area contributed by atoms with E-state index in [1.165, 1.54) is 0 Å². The second kappa shape index (κ2) is 8.41. The first kappa shape index (κ1) is 17.8. The molecule has 0 unspecified atom stereocenters. The summed E-state index contributed by atoms with van der Waals surface area (Å²) < 4.78 is 5.45. The second-order valence-corrected chi connectivity index (χ2v) is 6.15. The minimum Gasteiger partial charge on any atom is -0.491 e. The fraction of sp³-hybridized carbons (Fsp3) is 0.0870. The number of nitrogens with zero attached hydrogens (tertiary/aromatic N) is 3. The number of aliphatic hydroxyl groups is 1. The van der Waals surface area contributed by atoms with E-state index in [1.807, 2.05) is 72.8 Å². The van der Waals surface area contributed by atoms with Crippen molar-refractivity contribution in [2.24, 2.45) is 0 Å². The standard InChI is InChI=1S/C23H19N3O2/c27-13-14-28-19-9-7-17(8-10-19)18-15-22(20-5-1-3-11-24-20)26-23(16-18)21-6-2-4-12-25-21/h1-12,15-16,27H,13-14H2. The van der Waals surface area contributed by atoms with Gasteiger partial charge in [-0.05, 0) is 59.7 Å². The van der Waals surface area contributed by atoms with Gasteiger partial charge in [0.1, 0.15) is 12.4 Å². The molecule has 28 heavy (non-hydrogen) atoms. The van der Waals surface area contributed by atoms with E-state index in [9.17, 15) is 0 Å². The van der Waals surface area contributed by atoms with Crippen LogP contribution in [0.15, 0.2) is 85.2 Å². The molecule has 0 fully saturated rings. The van der Waals surface area contributed by atoms with E-state index in [2.05, 4.69) is 9.97 Å². The predicted molar refractivity (Wildman–Crippen MR) is 109 cm³/mol. The smallest absolute Gasteiger partial charge is 0.119 e. The Hall–Kier alpha value is -3.57. The lowest BCUT2D eigenvalue weighted by atomic mass is 10.0. The molecular formula is C23H19N3O2. The lowest BCUT2D eigenvalue weighted by molar-refractivity contribution is 0.201. The maximum atomic E-state index is 8.89. The molecule has 5 heteroatoms. The zero-order valence-electron chi connectivity index (χ0n) is 15.2. The lowest BCUT2D eigenvalue weighted by Gasteiger charge is -2.10. The van der Waals surface area contributed by atoms with Crippen molar-refractivity contribution in [2.45, 2.75) is 0 Å². The molecule has 0 aliphatic rings. The van der Waals surface area contributed by atoms with Crippen molar-refractivity contribution >= 4 is 0 Å². The van der Waals surface area contributed by atoms with Crippen LogP contribution in [0.4, 0.5) is 0 Å². The zero-order chi connectivity index (χ0) is 19.2. The fourth-order valence-corrected chi connectivity index (χ4v) is 2.90. The van der Waals surface area contributed by atoms with Crippen molar-refractivity contribution < 1.29 is 9.84 Å². The van der Waals surface area contributed by atoms with Crippen molar-refractivity contribution in [3.05, 3.63) is 85.2 Å². The summed E-state index contributed by atoms with van der Waals surface area (Å²) >= 11 is 0. The molecule has 0 amide bonds. The third-order valence-electron chi connectivity index (χ3n) is 4.23. The number of aliphatic hydroxyl groups excluding tert-OH is 1. The van der Waals surface area contributed by atoms with E-state index in [0.29, 0.717) is 0 Å². The van der Waals surface area contributed by atoms with E-state index in [0.717, 1.165) is 39.7 Å². The summed E-state index contributed by atoms with van der Waals surface area (Å²) in [7, 11) is 0. The van der Waals surface area contributed by atoms with Gasteiger partial charge >= 0.3 is 0 Å². The molecule has 4 rings (SSSR count). The Morgan fingerprint density at radius 2 is 1.29 bits per heavy atom. The molecule has 0 aliphatic heterocycles. The third kappa shape index (κ3) is 4.05. The molecule has 0 aliphatic carbocycles. The topological polar surface area (TPSA) is 68.1 Å². The molecule has 1 aromatic carbocycles. The van der Waals surface area contributed by atoms with Crippen molar-refractivity contribution in [2.75, 3.05) is 13.2 Å². The molecular weight excluding hydrogens is 350 g/mol. The molecule has 0 radical (unpaired) electrons. The maximum Gasteiger partial charge on any atom is 0.119 e. The van der Waals surface area contributed by atoms with Crippen LogP contribution in [-0.2, 0) is 0 Å². The molecule has 138 valence electrons. The number of benzene rings is 1. The predicted octanol–water partition coefficient (Wildman–Crippen LogP) is 4.24. The molecule has 5 nitrogen and oxygen atoms in total. The number of hydrogen-bond acceptors (Lipinski definition) is 5. The van der Waals surface area contributed by atoms with Crippen LogP contribution in [0, 0.1) is 0 Å². The lowest BCUT2D eigenvalue weighted by Crippen LogP contribution is -2.01. The summed E-state index contributed by atoms with van der Waals surface area (Å²) in [5.41, 5.74) is 5.26. The molecule has 4 aromatic rings. The third-order valence-corrected chi connectivity index (χ3v) is 4.23. The van der Waals surface area contributed by atoms with Gasteiger partial charge < -0.3 is 9.84 Å². The minimum absolute atomic E-state index is 0.00697. The van der Waals surface area contributed by atoms with E-state index in [4.69, 9.17) is 14.8 Å². The summed E-state index contributed by atoms with van der Waals surface area (Å²) in [4.78, 5) is 13.7. The van der Waals surface area contributed by atoms with E-state index in [1.54, 1.807) is 12.4 Å². The van der Waals surface area contributed by atoms with E-state index >= 15 is 0 Å². The first-order valence-electron chi connectivity index (χ1n) is 9.02. The highest BCUT2D eigenvalue weighted by molar-refractivity contribution is 5.74. The molecule has 0 saturated heterocycles. The van der Waals surface area contributed by atoms with Gasteiger partial charge in [-0.1, -0.05) is 24.3 Å². The normalized spacial score (nSPS) is 10.6. The van der Waals surface area contributed by atoms with Crippen LogP contribution in [0.1, 0.15) is 0 Å². The Kier molecular flexibility index (Phi) is 5.36. The molecule has 3 aromatic heterocycles. The first-order chi connectivity index (χ1) is 13.8. The van der Waals surface area contributed by atoms with Crippen LogP contribution in [0.25, 0.3) is 33.9 Å². The number of ether oxygens (including phenoxy) is 1. The molecule has 0 atom stereocenters. The van der Waals surface area contributed by atoms with Gasteiger partial charge in [0.15, 0.2) is 0 Å². The number of pyridine rings is 3. The molecule has 0 saturated carbocycles. The summed E-state index contributed by atoms with van der Waals surface area (Å²) in [5.74, 6) is 0.724. The highest BCUT2D eigenvalue weighted by atomic mass is 16.5. The van der Waals surface area contributed by atoms with Gasteiger partial charge in [0.2, 0.25) is 0 Å². The summed E-state index contributed by atoms with van der Waals surface area (Å²) in [6, 6.07) is 23.4. The highest BCUT2D eigenvalue weighted by Gasteiger charge is 2.10. The van der Waals surface area contributed by atoms with Gasteiger partial charge in [-0.3, -0.25) is 9.97 Å². The Bertz CT molecular complexity index is 979. The highest BCUT2D eigenvalue weighted by Crippen LogP contribution is 2.29. The van der Waals surface area contributed by atoms with Crippen molar-refractivity contribution in [3.8, 4) is 39.7 Å². The number of rotatable bonds is 6. The fourth-order valence-electron chi connectivity index (χ4n) is 2.90. The van der Waals surface area contributed by atoms with E-state index < -0.39 is 0 Å². The first-order valence-corrected chi connectivity index (χ1v) is 9.02. The van der Waals surface area contributed by atoms with Crippen LogP contribution in [0.2, 0.25) is 0 Å². The largest absolute Gasteiger partial charge is 0.491 e. The second-order valence-electron chi connectivity index (χ2n) is 6.15. The van der Waals surface area contributed by atoms with Gasteiger partial charge in [0, 0.05) is 12.4 Å². The van der Waals surface area contributed by atoms with Crippen LogP contribution in [0.3, 0.4) is 0 Å². The van der Waals surface area contributed by atoms with Crippen molar-refractivity contribution in [1.29, 1.82) is 0 Å². The molecule has 0 spiro atoms. The summed E-state index contributed by atoms with van der Waals surface area (Å²) in [5, 5.41) is 8.89. The van der Waals surface area contributed by atoms with Crippen molar-refractivity contribution in [3.63, 3.8) is 0 Å². The van der Waals surface area contributed by atoms with Gasteiger partial charge in [-0.25, -0.2) is 4.98 Å². The summed E-state index contributed by atoms with van der Waals surface area (Å²) in [6.45, 7) is 0.273. The van der Waals surface area contributed by atoms with Gasteiger partial charge in [0.05, 0.1) is 29.4 Å². The number of hydrogen-bond donors (Lipinski definition) is 1. The average Bonchev–Trinajstić information content (AvgIpc) is 2.79. The monoisotopic (exact) mass is 369 g/mol. The zero-order valence-corrected chi connectivity index (χ0v) is 15.2. The SMILES string of the molecule is OCCOc1ccc(-c2cc(-c3ccccn3)nc(-c3ccccn3)c2)cc1. The van der Waals surface area contributed by atoms with Gasteiger partial charge in [-0.15, -0.1) is 0 Å². The van der Waals surface area contributed by atoms with Crippen molar-refractivity contribution in [1.82, 2.24) is 15.0 Å². The summed E-state index contributed by atoms with van der Waals surface area (Å²) in [6.07, 6.45) is 3.52. The van der Waals surface area contributed by atoms with Gasteiger partial charge in [-0.2, -0.15) is 0 Å². The van der Waals surface area contributed by atoms with Crippen LogP contribution in [0.5, 0.6) is 5.75 Å². The van der Waals surface area contributed by atoms with Crippen LogP contribution >= 0.6 is 0 Å². The Morgan fingerprint density at radius 1 is 0.679 bits per heavy atom. The molecule has 1 N–H and O–H groups in total. The Balaban J connectivity index is 1.78. The minimum atomic E-state index is -0.00697. The van der Waals surface area contributed by atoms with Crippen LogP contribution < -0.4 is 4.74 Å².